The second kappa shape index (κ2) is 11.1. The topological polar surface area (TPSA) is 91.0 Å². The lowest BCUT2D eigenvalue weighted by Crippen LogP contribution is -2.39. The Balaban J connectivity index is 1.73. The molecule has 3 rings (SSSR count). The van der Waals surface area contributed by atoms with Crippen LogP contribution in [0.4, 0.5) is 0 Å². The van der Waals surface area contributed by atoms with Crippen LogP contribution in [-0.4, -0.2) is 53.9 Å². The maximum absolute atomic E-state index is 13.0. The number of hydrogen-bond acceptors (Lipinski definition) is 5. The molecule has 6 nitrogen and oxygen atoms in total. The Hall–Kier alpha value is -2.44. The maximum atomic E-state index is 13.0. The molecule has 2 atom stereocenters. The van der Waals surface area contributed by atoms with Crippen LogP contribution in [-0.2, 0) is 4.79 Å². The van der Waals surface area contributed by atoms with E-state index >= 15 is 0 Å². The van der Waals surface area contributed by atoms with E-state index < -0.39 is 0 Å². The lowest BCUT2D eigenvalue weighted by atomic mass is 9.89. The quantitative estimate of drug-likeness (QED) is 0.333. The Morgan fingerprint density at radius 1 is 1.21 bits per heavy atom. The van der Waals surface area contributed by atoms with Crippen molar-refractivity contribution in [3.8, 4) is 0 Å². The summed E-state index contributed by atoms with van der Waals surface area (Å²) >= 11 is 0. The summed E-state index contributed by atoms with van der Waals surface area (Å²) in [4.78, 5) is 19.3. The first kappa shape index (κ1) is 25.2. The van der Waals surface area contributed by atoms with Crippen LogP contribution in [0.1, 0.15) is 70.4 Å². The van der Waals surface area contributed by atoms with Gasteiger partial charge in [-0.05, 0) is 81.9 Å². The molecule has 0 bridgehead atoms. The first-order valence-corrected chi connectivity index (χ1v) is 12.2. The van der Waals surface area contributed by atoms with Gasteiger partial charge in [0.25, 0.3) is 5.91 Å². The van der Waals surface area contributed by atoms with Gasteiger partial charge in [-0.15, -0.1) is 0 Å². The minimum absolute atomic E-state index is 0.0420. The lowest BCUT2D eigenvalue weighted by Gasteiger charge is -2.26. The number of amides is 1. The molecule has 1 saturated carbocycles. The van der Waals surface area contributed by atoms with E-state index in [0.717, 1.165) is 37.1 Å². The molecule has 1 aromatic carbocycles. The number of aliphatic imine (C=N–C) groups is 1. The Labute approximate surface area is 198 Å². The smallest absolute Gasteiger partial charge is 0.255 e. The van der Waals surface area contributed by atoms with E-state index in [1.807, 2.05) is 6.92 Å². The first-order chi connectivity index (χ1) is 15.7. The highest BCUT2D eigenvalue weighted by atomic mass is 16.3. The zero-order chi connectivity index (χ0) is 24.1. The highest BCUT2D eigenvalue weighted by Crippen LogP contribution is 2.34. The van der Waals surface area contributed by atoms with Crippen LogP contribution < -0.4 is 11.1 Å². The molecule has 1 aliphatic carbocycles. The molecule has 1 amide bonds. The zero-order valence-corrected chi connectivity index (χ0v) is 20.6. The largest absolute Gasteiger partial charge is 0.393 e. The molecular formula is C27H40N4O2. The number of nitrogens with two attached hydrogens (primary N) is 1. The predicted octanol–water partition coefficient (Wildman–Crippen LogP) is 3.82. The Bertz CT molecular complexity index is 895. The average Bonchev–Trinajstić information content (AvgIpc) is 3.20. The number of allylic oxidation sites excluding steroid dienone is 1. The van der Waals surface area contributed by atoms with Crippen LogP contribution in [0.25, 0.3) is 5.57 Å². The van der Waals surface area contributed by atoms with Crippen LogP contribution in [0, 0.1) is 5.92 Å². The summed E-state index contributed by atoms with van der Waals surface area (Å²) in [7, 11) is 0. The molecule has 1 aliphatic heterocycles. The van der Waals surface area contributed by atoms with Crippen molar-refractivity contribution in [1.29, 1.82) is 0 Å². The molecule has 0 unspecified atom stereocenters. The number of aliphatic hydroxyl groups is 1. The summed E-state index contributed by atoms with van der Waals surface area (Å²) in [5, 5.41) is 12.8. The van der Waals surface area contributed by atoms with E-state index in [4.69, 9.17) is 5.73 Å². The van der Waals surface area contributed by atoms with Gasteiger partial charge in [0.1, 0.15) is 5.82 Å². The van der Waals surface area contributed by atoms with E-state index in [1.54, 1.807) is 6.08 Å². The van der Waals surface area contributed by atoms with Gasteiger partial charge in [-0.1, -0.05) is 31.2 Å². The van der Waals surface area contributed by atoms with E-state index in [1.165, 1.54) is 5.56 Å². The molecular weight excluding hydrogens is 412 g/mol. The van der Waals surface area contributed by atoms with Crippen molar-refractivity contribution in [2.45, 2.75) is 77.5 Å². The summed E-state index contributed by atoms with van der Waals surface area (Å²) < 4.78 is 0. The number of rotatable bonds is 7. The molecule has 0 spiro atoms. The van der Waals surface area contributed by atoms with E-state index in [2.05, 4.69) is 67.0 Å². The third kappa shape index (κ3) is 6.33. The fourth-order valence-electron chi connectivity index (χ4n) is 4.98. The second-order valence-electron chi connectivity index (χ2n) is 10.0. The molecule has 2 aliphatic rings. The van der Waals surface area contributed by atoms with Gasteiger partial charge in [-0.2, -0.15) is 0 Å². The van der Waals surface area contributed by atoms with Crippen molar-refractivity contribution >= 4 is 18.2 Å². The van der Waals surface area contributed by atoms with Crippen molar-refractivity contribution in [2.24, 2.45) is 16.6 Å². The van der Waals surface area contributed by atoms with Gasteiger partial charge in [0.05, 0.1) is 11.7 Å². The minimum Gasteiger partial charge on any atom is -0.393 e. The molecule has 6 heteroatoms. The second-order valence-corrected chi connectivity index (χ2v) is 10.0. The van der Waals surface area contributed by atoms with Gasteiger partial charge in [-0.25, -0.2) is 4.99 Å². The number of benzene rings is 1. The highest BCUT2D eigenvalue weighted by molar-refractivity contribution is 5.99. The zero-order valence-electron chi connectivity index (χ0n) is 20.6. The summed E-state index contributed by atoms with van der Waals surface area (Å²) in [5.41, 5.74) is 9.72. The van der Waals surface area contributed by atoms with Crippen LogP contribution >= 0.6 is 0 Å². The summed E-state index contributed by atoms with van der Waals surface area (Å²) in [6.07, 6.45) is 4.46. The fraction of sp³-hybridized carbons (Fsp3) is 0.556. The van der Waals surface area contributed by atoms with Gasteiger partial charge in [0, 0.05) is 31.1 Å². The number of nitrogens with zero attached hydrogens (tertiary/aromatic N) is 2. The number of nitrogens with one attached hydrogen (secondary N) is 1. The summed E-state index contributed by atoms with van der Waals surface area (Å²) in [6, 6.07) is 9.29. The van der Waals surface area contributed by atoms with Crippen molar-refractivity contribution in [2.75, 3.05) is 13.1 Å². The normalized spacial score (nSPS) is 27.4. The molecule has 180 valence electrons. The Kier molecular flexibility index (Phi) is 8.49. The van der Waals surface area contributed by atoms with Crippen molar-refractivity contribution in [1.82, 2.24) is 10.2 Å². The van der Waals surface area contributed by atoms with Gasteiger partial charge in [-0.3, -0.25) is 4.79 Å². The number of hydrogen-bond donors (Lipinski definition) is 3. The van der Waals surface area contributed by atoms with Crippen molar-refractivity contribution in [3.63, 3.8) is 0 Å². The summed E-state index contributed by atoms with van der Waals surface area (Å²) in [6.45, 7) is 14.6. The molecule has 0 aromatic heterocycles. The van der Waals surface area contributed by atoms with E-state index in [0.29, 0.717) is 36.3 Å². The number of likely N-dealkylation sites (tertiary alicyclic amines) is 1. The molecule has 1 heterocycles. The molecule has 0 radical (unpaired) electrons. The third-order valence-corrected chi connectivity index (χ3v) is 7.25. The minimum atomic E-state index is -0.265. The fourth-order valence-corrected chi connectivity index (χ4v) is 4.98. The Morgan fingerprint density at radius 3 is 2.39 bits per heavy atom. The predicted molar refractivity (Wildman–Crippen MR) is 136 cm³/mol. The first-order valence-electron chi connectivity index (χ1n) is 12.2. The van der Waals surface area contributed by atoms with E-state index in [9.17, 15) is 9.90 Å². The van der Waals surface area contributed by atoms with Gasteiger partial charge in [0.15, 0.2) is 0 Å². The SMILES string of the molecule is C=N/C(N)=C(\C=C(/C)c1ccc([C@@H]2CN(C(C)C)C[C@H]2C)cc1)C(=O)NC1CCC(O)CC1. The van der Waals surface area contributed by atoms with Crippen LogP contribution in [0.3, 0.4) is 0 Å². The summed E-state index contributed by atoms with van der Waals surface area (Å²) in [5.74, 6) is 1.05. The average molecular weight is 453 g/mol. The van der Waals surface area contributed by atoms with Crippen LogP contribution in [0.5, 0.6) is 0 Å². The molecule has 1 saturated heterocycles. The molecule has 4 N–H and O–H groups in total. The molecule has 33 heavy (non-hydrogen) atoms. The lowest BCUT2D eigenvalue weighted by molar-refractivity contribution is -0.118. The van der Waals surface area contributed by atoms with E-state index in [-0.39, 0.29) is 23.9 Å². The van der Waals surface area contributed by atoms with Crippen molar-refractivity contribution in [3.05, 3.63) is 52.9 Å². The van der Waals surface area contributed by atoms with Gasteiger partial charge < -0.3 is 21.1 Å². The maximum Gasteiger partial charge on any atom is 0.255 e. The third-order valence-electron chi connectivity index (χ3n) is 7.25. The van der Waals surface area contributed by atoms with Gasteiger partial charge in [0.2, 0.25) is 0 Å². The van der Waals surface area contributed by atoms with Gasteiger partial charge >= 0.3 is 0 Å². The number of carbonyl (C=O) groups excluding carboxylic acids is 1. The Morgan fingerprint density at radius 2 is 1.85 bits per heavy atom. The highest BCUT2D eigenvalue weighted by Gasteiger charge is 2.31. The van der Waals surface area contributed by atoms with Crippen molar-refractivity contribution < 1.29 is 9.90 Å². The van der Waals surface area contributed by atoms with Crippen LogP contribution in [0.15, 0.2) is 46.7 Å². The number of aliphatic hydroxyl groups excluding tert-OH is 1. The standard InChI is InChI=1S/C27H40N4O2/c1-17(2)31-15-19(4)25(16-31)21-8-6-20(7-9-21)18(3)14-24(26(28)29-5)27(33)30-22-10-12-23(32)13-11-22/h6-9,14,17,19,22-23,25,32H,5,10-13,15-16,28H2,1-4H3,(H,30,33)/b18-14+,26-24+/t19-,22?,23?,25-/m1/s1. The number of carbonyl (C=O) groups is 1. The molecule has 1 aromatic rings. The monoisotopic (exact) mass is 452 g/mol. The molecule has 2 fully saturated rings. The van der Waals surface area contributed by atoms with Crippen LogP contribution in [0.2, 0.25) is 0 Å².